The Hall–Kier alpha value is -1.70. The number of amides is 1. The number of fused-ring (bicyclic) bond motifs is 1. The lowest BCUT2D eigenvalue weighted by Crippen LogP contribution is -2.26. The number of aromatic nitrogens is 1. The SMILES string of the molecule is Cl.Cl.NCC(C(=O)Nc1ccc2cnccc2c1)c1ccc(CO)s1. The monoisotopic (exact) mass is 399 g/mol. The Morgan fingerprint density at radius 2 is 2.00 bits per heavy atom. The van der Waals surface area contributed by atoms with Crippen LogP contribution in [0.5, 0.6) is 0 Å². The van der Waals surface area contributed by atoms with Gasteiger partial charge in [-0.05, 0) is 35.7 Å². The van der Waals surface area contributed by atoms with Gasteiger partial charge in [0.25, 0.3) is 0 Å². The van der Waals surface area contributed by atoms with Crippen molar-refractivity contribution in [3.05, 3.63) is 58.5 Å². The molecule has 0 aliphatic rings. The van der Waals surface area contributed by atoms with Gasteiger partial charge >= 0.3 is 0 Å². The number of nitrogens with one attached hydrogen (secondary N) is 1. The second-order valence-electron chi connectivity index (χ2n) is 5.18. The molecule has 0 saturated heterocycles. The summed E-state index contributed by atoms with van der Waals surface area (Å²) >= 11 is 1.41. The van der Waals surface area contributed by atoms with Crippen molar-refractivity contribution >= 4 is 58.5 Å². The van der Waals surface area contributed by atoms with E-state index in [1.807, 2.05) is 36.4 Å². The third kappa shape index (κ3) is 4.90. The van der Waals surface area contributed by atoms with Crippen LogP contribution >= 0.6 is 36.2 Å². The number of anilines is 1. The summed E-state index contributed by atoms with van der Waals surface area (Å²) in [7, 11) is 0. The molecule has 1 amide bonds. The topological polar surface area (TPSA) is 88.2 Å². The highest BCUT2D eigenvalue weighted by Gasteiger charge is 2.21. The summed E-state index contributed by atoms with van der Waals surface area (Å²) in [6.07, 6.45) is 3.50. The Morgan fingerprint density at radius 1 is 1.20 bits per heavy atom. The van der Waals surface area contributed by atoms with Gasteiger partial charge < -0.3 is 16.2 Å². The first-order valence-electron chi connectivity index (χ1n) is 7.25. The highest BCUT2D eigenvalue weighted by molar-refractivity contribution is 7.12. The van der Waals surface area contributed by atoms with Crippen LogP contribution in [0.1, 0.15) is 15.7 Å². The fourth-order valence-corrected chi connectivity index (χ4v) is 3.39. The second kappa shape index (κ2) is 9.70. The standard InChI is InChI=1S/C17H17N3O2S.2ClH/c18-8-15(16-4-3-14(10-21)23-16)17(22)20-13-2-1-12-9-19-6-5-11(12)7-13;;/h1-7,9,15,21H,8,10,18H2,(H,20,22);2*1H. The smallest absolute Gasteiger partial charge is 0.234 e. The van der Waals surface area contributed by atoms with Gasteiger partial charge in [-0.2, -0.15) is 0 Å². The minimum absolute atomic E-state index is 0. The van der Waals surface area contributed by atoms with E-state index >= 15 is 0 Å². The molecule has 3 aromatic rings. The average molecular weight is 400 g/mol. The Morgan fingerprint density at radius 3 is 2.68 bits per heavy atom. The maximum absolute atomic E-state index is 12.5. The Bertz CT molecular complexity index is 841. The molecule has 0 fully saturated rings. The summed E-state index contributed by atoms with van der Waals surface area (Å²) in [4.78, 5) is 18.3. The molecular formula is C17H19Cl2N3O2S. The van der Waals surface area contributed by atoms with Gasteiger partial charge in [-0.3, -0.25) is 9.78 Å². The van der Waals surface area contributed by atoms with Crippen LogP contribution in [0.15, 0.2) is 48.8 Å². The highest BCUT2D eigenvalue weighted by Crippen LogP contribution is 2.26. The Kier molecular flexibility index (Phi) is 8.28. The molecule has 3 rings (SSSR count). The zero-order chi connectivity index (χ0) is 16.2. The lowest BCUT2D eigenvalue weighted by Gasteiger charge is -2.14. The fraction of sp³-hybridized carbons (Fsp3) is 0.176. The van der Waals surface area contributed by atoms with Gasteiger partial charge in [0.15, 0.2) is 0 Å². The van der Waals surface area contributed by atoms with E-state index in [0.717, 1.165) is 26.2 Å². The first-order chi connectivity index (χ1) is 11.2. The van der Waals surface area contributed by atoms with E-state index in [-0.39, 0.29) is 43.9 Å². The summed E-state index contributed by atoms with van der Waals surface area (Å²) in [5.41, 5.74) is 6.50. The van der Waals surface area contributed by atoms with Gasteiger partial charge in [0, 0.05) is 39.8 Å². The number of nitrogens with two attached hydrogens (primary N) is 1. The third-order valence-corrected chi connectivity index (χ3v) is 4.83. The van der Waals surface area contributed by atoms with Gasteiger partial charge in [-0.25, -0.2) is 0 Å². The van der Waals surface area contributed by atoms with Crippen LogP contribution in [0.4, 0.5) is 5.69 Å². The molecule has 0 aliphatic heterocycles. The minimum atomic E-state index is -0.423. The number of hydrogen-bond acceptors (Lipinski definition) is 5. The number of thiophene rings is 1. The Labute approximate surface area is 162 Å². The number of aliphatic hydroxyl groups is 1. The molecule has 0 radical (unpaired) electrons. The van der Waals surface area contributed by atoms with Crippen LogP contribution in [0.3, 0.4) is 0 Å². The molecule has 2 heterocycles. The van der Waals surface area contributed by atoms with Crippen LogP contribution in [-0.4, -0.2) is 22.5 Å². The number of carbonyl (C=O) groups is 1. The molecule has 25 heavy (non-hydrogen) atoms. The summed E-state index contributed by atoms with van der Waals surface area (Å²) in [6.45, 7) is 0.191. The molecule has 8 heteroatoms. The van der Waals surface area contributed by atoms with E-state index in [2.05, 4.69) is 10.3 Å². The molecule has 1 aromatic carbocycles. The Balaban J connectivity index is 0.00000156. The molecule has 0 spiro atoms. The van der Waals surface area contributed by atoms with Crippen molar-refractivity contribution in [2.75, 3.05) is 11.9 Å². The normalized spacial score (nSPS) is 11.3. The lowest BCUT2D eigenvalue weighted by molar-refractivity contribution is -0.117. The third-order valence-electron chi connectivity index (χ3n) is 3.64. The van der Waals surface area contributed by atoms with Crippen LogP contribution in [-0.2, 0) is 11.4 Å². The quantitative estimate of drug-likeness (QED) is 0.613. The summed E-state index contributed by atoms with van der Waals surface area (Å²) in [5, 5.41) is 14.1. The van der Waals surface area contributed by atoms with Crippen molar-refractivity contribution < 1.29 is 9.90 Å². The summed E-state index contributed by atoms with van der Waals surface area (Å²) in [5.74, 6) is -0.569. The molecule has 2 aromatic heterocycles. The maximum Gasteiger partial charge on any atom is 0.234 e. The number of hydrogen-bond donors (Lipinski definition) is 3. The molecular weight excluding hydrogens is 381 g/mol. The van der Waals surface area contributed by atoms with Crippen molar-refractivity contribution in [1.82, 2.24) is 4.98 Å². The maximum atomic E-state index is 12.5. The van der Waals surface area contributed by atoms with Gasteiger partial charge in [0.1, 0.15) is 0 Å². The highest BCUT2D eigenvalue weighted by atomic mass is 35.5. The van der Waals surface area contributed by atoms with E-state index in [9.17, 15) is 4.79 Å². The van der Waals surface area contributed by atoms with Crippen molar-refractivity contribution in [3.8, 4) is 0 Å². The number of nitrogens with zero attached hydrogens (tertiary/aromatic N) is 1. The molecule has 0 saturated carbocycles. The molecule has 4 N–H and O–H groups in total. The summed E-state index contributed by atoms with van der Waals surface area (Å²) < 4.78 is 0. The number of carbonyl (C=O) groups excluding carboxylic acids is 1. The molecule has 1 atom stereocenters. The largest absolute Gasteiger partial charge is 0.391 e. The number of pyridine rings is 1. The van der Waals surface area contributed by atoms with E-state index in [1.165, 1.54) is 11.3 Å². The molecule has 1 unspecified atom stereocenters. The zero-order valence-corrected chi connectivity index (χ0v) is 15.7. The number of rotatable bonds is 5. The average Bonchev–Trinajstić information content (AvgIpc) is 3.04. The lowest BCUT2D eigenvalue weighted by atomic mass is 10.1. The van der Waals surface area contributed by atoms with E-state index in [0.29, 0.717) is 0 Å². The molecule has 5 nitrogen and oxygen atoms in total. The molecule has 134 valence electrons. The predicted octanol–water partition coefficient (Wildman–Crippen LogP) is 3.31. The predicted molar refractivity (Wildman–Crippen MR) is 107 cm³/mol. The molecule has 0 bridgehead atoms. The van der Waals surface area contributed by atoms with Crippen molar-refractivity contribution in [3.63, 3.8) is 0 Å². The van der Waals surface area contributed by atoms with E-state index in [4.69, 9.17) is 10.8 Å². The number of benzene rings is 1. The van der Waals surface area contributed by atoms with Crippen LogP contribution in [0, 0.1) is 0 Å². The van der Waals surface area contributed by atoms with Gasteiger partial charge in [0.2, 0.25) is 5.91 Å². The molecule has 0 aliphatic carbocycles. The first kappa shape index (κ1) is 21.3. The van der Waals surface area contributed by atoms with Gasteiger partial charge in [-0.1, -0.05) is 6.07 Å². The number of halogens is 2. The van der Waals surface area contributed by atoms with Crippen molar-refractivity contribution in [2.45, 2.75) is 12.5 Å². The van der Waals surface area contributed by atoms with Gasteiger partial charge in [-0.15, -0.1) is 36.2 Å². The van der Waals surface area contributed by atoms with E-state index < -0.39 is 5.92 Å². The summed E-state index contributed by atoms with van der Waals surface area (Å²) in [6, 6.07) is 11.3. The van der Waals surface area contributed by atoms with E-state index in [1.54, 1.807) is 12.4 Å². The minimum Gasteiger partial charge on any atom is -0.391 e. The van der Waals surface area contributed by atoms with Crippen LogP contribution < -0.4 is 11.1 Å². The van der Waals surface area contributed by atoms with Crippen molar-refractivity contribution in [2.24, 2.45) is 5.73 Å². The first-order valence-corrected chi connectivity index (χ1v) is 8.07. The number of aliphatic hydroxyl groups excluding tert-OH is 1. The fourth-order valence-electron chi connectivity index (χ4n) is 2.41. The van der Waals surface area contributed by atoms with Crippen molar-refractivity contribution in [1.29, 1.82) is 0 Å². The zero-order valence-electron chi connectivity index (χ0n) is 13.2. The second-order valence-corrected chi connectivity index (χ2v) is 6.38. The van der Waals surface area contributed by atoms with Gasteiger partial charge in [0.05, 0.1) is 12.5 Å². The van der Waals surface area contributed by atoms with Crippen LogP contribution in [0.2, 0.25) is 0 Å². The van der Waals surface area contributed by atoms with Crippen LogP contribution in [0.25, 0.3) is 10.8 Å².